The van der Waals surface area contributed by atoms with Crippen LogP contribution in [0.2, 0.25) is 0 Å². The van der Waals surface area contributed by atoms with E-state index in [0.717, 1.165) is 4.68 Å². The molecular formula is C12H14N6O3. The fourth-order valence-corrected chi connectivity index (χ4v) is 2.31. The molecule has 0 N–H and O–H groups in total. The van der Waals surface area contributed by atoms with Crippen molar-refractivity contribution in [3.63, 3.8) is 0 Å². The van der Waals surface area contributed by atoms with Gasteiger partial charge in [0.25, 0.3) is 5.56 Å². The third-order valence-electron chi connectivity index (χ3n) is 3.58. The molecule has 9 nitrogen and oxygen atoms in total. The Morgan fingerprint density at radius 1 is 1.29 bits per heavy atom. The topological polar surface area (TPSA) is 103 Å². The summed E-state index contributed by atoms with van der Waals surface area (Å²) in [7, 11) is 1.66. The minimum atomic E-state index is -0.394. The van der Waals surface area contributed by atoms with Crippen molar-refractivity contribution in [3.8, 4) is 0 Å². The maximum atomic E-state index is 12.2. The van der Waals surface area contributed by atoms with Crippen molar-refractivity contribution in [2.45, 2.75) is 19.4 Å². The summed E-state index contributed by atoms with van der Waals surface area (Å²) in [5.41, 5.74) is -0.0122. The second-order valence-electron chi connectivity index (χ2n) is 4.98. The minimum absolute atomic E-state index is 0.160. The van der Waals surface area contributed by atoms with Crippen molar-refractivity contribution in [1.82, 2.24) is 29.7 Å². The largest absolute Gasteiger partial charge is 0.340 e. The molecule has 3 rings (SSSR count). The molecule has 0 atom stereocenters. The van der Waals surface area contributed by atoms with E-state index in [-0.39, 0.29) is 18.2 Å². The van der Waals surface area contributed by atoms with Crippen LogP contribution in [-0.4, -0.2) is 54.5 Å². The van der Waals surface area contributed by atoms with Gasteiger partial charge in [-0.05, 0) is 0 Å². The number of hydrogen-bond donors (Lipinski definition) is 0. The number of aryl methyl sites for hydroxylation is 1. The molecule has 1 aliphatic heterocycles. The summed E-state index contributed by atoms with van der Waals surface area (Å²) in [5, 5.41) is 11.9. The number of fused-ring (bicyclic) bond motifs is 1. The molecule has 1 saturated heterocycles. The number of aromatic nitrogens is 5. The Bertz CT molecular complexity index is 767. The molecule has 1 fully saturated rings. The van der Waals surface area contributed by atoms with Crippen molar-refractivity contribution in [1.29, 1.82) is 0 Å². The highest BCUT2D eigenvalue weighted by molar-refractivity contribution is 5.83. The van der Waals surface area contributed by atoms with Crippen molar-refractivity contribution in [2.24, 2.45) is 7.05 Å². The normalized spacial score (nSPS) is 15.7. The first-order valence-corrected chi connectivity index (χ1v) is 6.61. The van der Waals surface area contributed by atoms with Crippen LogP contribution in [0.4, 0.5) is 0 Å². The average Bonchev–Trinajstić information content (AvgIpc) is 2.85. The average molecular weight is 290 g/mol. The zero-order valence-electron chi connectivity index (χ0n) is 11.5. The molecule has 1 aliphatic rings. The van der Waals surface area contributed by atoms with Gasteiger partial charge in [-0.1, -0.05) is 5.21 Å². The zero-order valence-corrected chi connectivity index (χ0v) is 11.5. The maximum Gasteiger partial charge on any atom is 0.281 e. The number of ketones is 1. The molecule has 1 amide bonds. The number of hydrogen-bond acceptors (Lipinski definition) is 6. The molecule has 0 spiro atoms. The lowest BCUT2D eigenvalue weighted by atomic mass is 10.1. The van der Waals surface area contributed by atoms with E-state index in [4.69, 9.17) is 0 Å². The smallest absolute Gasteiger partial charge is 0.281 e. The Kier molecular flexibility index (Phi) is 3.24. The molecule has 0 aliphatic carbocycles. The number of amides is 1. The monoisotopic (exact) mass is 290 g/mol. The third kappa shape index (κ3) is 2.41. The van der Waals surface area contributed by atoms with Crippen LogP contribution in [0.5, 0.6) is 0 Å². The predicted octanol–water partition coefficient (Wildman–Crippen LogP) is -1.28. The van der Waals surface area contributed by atoms with Crippen LogP contribution in [0.25, 0.3) is 11.0 Å². The van der Waals surface area contributed by atoms with Gasteiger partial charge in [0.05, 0.1) is 6.20 Å². The molecule has 3 heterocycles. The SMILES string of the molecule is Cn1ncc2c(=O)n(CC(=O)N3CCC(=O)CC3)nnc21. The summed E-state index contributed by atoms with van der Waals surface area (Å²) in [4.78, 5) is 37.1. The lowest BCUT2D eigenvalue weighted by Crippen LogP contribution is -2.42. The Labute approximate surface area is 119 Å². The summed E-state index contributed by atoms with van der Waals surface area (Å²) in [6.07, 6.45) is 2.15. The standard InChI is InChI=1S/C12H14N6O3/c1-16-11-9(6-13-16)12(21)18(15-14-11)7-10(20)17-4-2-8(19)3-5-17/h6H,2-5,7H2,1H3. The molecule has 2 aromatic heterocycles. The first-order valence-electron chi connectivity index (χ1n) is 6.61. The van der Waals surface area contributed by atoms with Crippen LogP contribution in [0.3, 0.4) is 0 Å². The van der Waals surface area contributed by atoms with Gasteiger partial charge < -0.3 is 4.90 Å². The maximum absolute atomic E-state index is 12.2. The Balaban J connectivity index is 1.81. The van der Waals surface area contributed by atoms with Crippen LogP contribution in [0.15, 0.2) is 11.0 Å². The lowest BCUT2D eigenvalue weighted by Gasteiger charge is -2.25. The van der Waals surface area contributed by atoms with E-state index >= 15 is 0 Å². The predicted molar refractivity (Wildman–Crippen MR) is 71.4 cm³/mol. The first-order chi connectivity index (χ1) is 10.1. The van der Waals surface area contributed by atoms with Crippen molar-refractivity contribution in [3.05, 3.63) is 16.6 Å². The highest BCUT2D eigenvalue weighted by atomic mass is 16.2. The Morgan fingerprint density at radius 2 is 2.00 bits per heavy atom. The molecule has 21 heavy (non-hydrogen) atoms. The number of likely N-dealkylation sites (tertiary alicyclic amines) is 1. The number of piperidine rings is 1. The van der Waals surface area contributed by atoms with Crippen LogP contribution in [-0.2, 0) is 23.2 Å². The van der Waals surface area contributed by atoms with Gasteiger partial charge in [0.2, 0.25) is 5.91 Å². The first kappa shape index (κ1) is 13.4. The van der Waals surface area contributed by atoms with E-state index in [0.29, 0.717) is 37.0 Å². The molecule has 2 aromatic rings. The summed E-state index contributed by atoms with van der Waals surface area (Å²) >= 11 is 0. The van der Waals surface area contributed by atoms with Crippen molar-refractivity contribution < 1.29 is 9.59 Å². The minimum Gasteiger partial charge on any atom is -0.340 e. The molecule has 9 heteroatoms. The summed E-state index contributed by atoms with van der Waals surface area (Å²) < 4.78 is 2.48. The number of Topliss-reactive ketones (excluding diaryl/α,β-unsaturated/α-hetero) is 1. The second-order valence-corrected chi connectivity index (χ2v) is 4.98. The molecule has 0 radical (unpaired) electrons. The van der Waals surface area contributed by atoms with Crippen molar-refractivity contribution >= 4 is 22.7 Å². The summed E-state index contributed by atoms with van der Waals surface area (Å²) in [5.74, 6) is -0.0741. The zero-order chi connectivity index (χ0) is 15.0. The summed E-state index contributed by atoms with van der Waals surface area (Å²) in [6.45, 7) is 0.620. The lowest BCUT2D eigenvalue weighted by molar-refractivity contribution is -0.135. The van der Waals surface area contributed by atoms with E-state index in [1.807, 2.05) is 0 Å². The highest BCUT2D eigenvalue weighted by Crippen LogP contribution is 2.07. The van der Waals surface area contributed by atoms with Gasteiger partial charge in [-0.3, -0.25) is 14.4 Å². The van der Waals surface area contributed by atoms with Gasteiger partial charge in [0, 0.05) is 33.0 Å². The molecule has 0 aromatic carbocycles. The van der Waals surface area contributed by atoms with Gasteiger partial charge in [-0.2, -0.15) is 5.10 Å². The molecule has 0 saturated carbocycles. The van der Waals surface area contributed by atoms with Crippen LogP contribution < -0.4 is 5.56 Å². The number of rotatable bonds is 2. The van der Waals surface area contributed by atoms with E-state index in [2.05, 4.69) is 15.4 Å². The van der Waals surface area contributed by atoms with Crippen molar-refractivity contribution in [2.75, 3.05) is 13.1 Å². The summed E-state index contributed by atoms with van der Waals surface area (Å²) in [6, 6.07) is 0. The van der Waals surface area contributed by atoms with E-state index in [1.165, 1.54) is 10.9 Å². The molecule has 0 bridgehead atoms. The molecular weight excluding hydrogens is 276 g/mol. The number of nitrogens with zero attached hydrogens (tertiary/aromatic N) is 6. The fraction of sp³-hybridized carbons (Fsp3) is 0.500. The third-order valence-corrected chi connectivity index (χ3v) is 3.58. The fourth-order valence-electron chi connectivity index (χ4n) is 2.31. The van der Waals surface area contributed by atoms with Crippen LogP contribution in [0.1, 0.15) is 12.8 Å². The van der Waals surface area contributed by atoms with E-state index in [9.17, 15) is 14.4 Å². The number of carbonyl (C=O) groups excluding carboxylic acids is 2. The van der Waals surface area contributed by atoms with E-state index < -0.39 is 5.56 Å². The van der Waals surface area contributed by atoms with Crippen LogP contribution >= 0.6 is 0 Å². The van der Waals surface area contributed by atoms with Gasteiger partial charge in [-0.25, -0.2) is 9.36 Å². The Morgan fingerprint density at radius 3 is 2.71 bits per heavy atom. The van der Waals surface area contributed by atoms with Gasteiger partial charge in [0.15, 0.2) is 5.65 Å². The number of carbonyl (C=O) groups is 2. The molecule has 0 unspecified atom stereocenters. The van der Waals surface area contributed by atoms with Gasteiger partial charge in [-0.15, -0.1) is 5.10 Å². The van der Waals surface area contributed by atoms with Gasteiger partial charge >= 0.3 is 0 Å². The highest BCUT2D eigenvalue weighted by Gasteiger charge is 2.22. The van der Waals surface area contributed by atoms with Gasteiger partial charge in [0.1, 0.15) is 17.7 Å². The second kappa shape index (κ2) is 5.08. The molecule has 110 valence electrons. The quantitative estimate of drug-likeness (QED) is 0.682. The van der Waals surface area contributed by atoms with E-state index in [1.54, 1.807) is 11.9 Å². The van der Waals surface area contributed by atoms with Crippen LogP contribution in [0, 0.1) is 0 Å². The Hall–Kier alpha value is -2.58.